The van der Waals surface area contributed by atoms with Gasteiger partial charge in [-0.05, 0) is 31.9 Å². The zero-order valence-corrected chi connectivity index (χ0v) is 10.8. The van der Waals surface area contributed by atoms with Crippen LogP contribution in [0.1, 0.15) is 21.7 Å². The van der Waals surface area contributed by atoms with E-state index in [0.29, 0.717) is 0 Å². The summed E-state index contributed by atoms with van der Waals surface area (Å²) >= 11 is 3.71. The van der Waals surface area contributed by atoms with Gasteiger partial charge < -0.3 is 5.32 Å². The Labute approximate surface area is 99.2 Å². The highest BCUT2D eigenvalue weighted by Crippen LogP contribution is 2.20. The summed E-state index contributed by atoms with van der Waals surface area (Å²) in [6, 6.07) is 2.26. The Morgan fingerprint density at radius 3 is 2.93 bits per heavy atom. The maximum absolute atomic E-state index is 4.45. The van der Waals surface area contributed by atoms with Gasteiger partial charge in [0, 0.05) is 22.1 Å². The van der Waals surface area contributed by atoms with Gasteiger partial charge in [-0.1, -0.05) is 11.8 Å². The van der Waals surface area contributed by atoms with E-state index in [0.717, 1.165) is 18.3 Å². The molecular weight excluding hydrogens is 224 g/mol. The molecule has 0 atom stereocenters. The van der Waals surface area contributed by atoms with Crippen LogP contribution in [0.4, 0.5) is 0 Å². The third kappa shape index (κ3) is 2.98. The standard InChI is InChI=1S/C11H16N2S2/c1-8-6-10(15-9(8)2)7-13-11-12-4-3-5-14-11/h6H,3-5,7H2,1-2H3,(H,12,13). The molecule has 1 N–H and O–H groups in total. The molecule has 0 spiro atoms. The molecule has 1 aromatic rings. The van der Waals surface area contributed by atoms with Crippen molar-refractivity contribution in [3.63, 3.8) is 0 Å². The highest BCUT2D eigenvalue weighted by molar-refractivity contribution is 8.13. The number of hydrogen-bond donors (Lipinski definition) is 1. The molecule has 0 unspecified atom stereocenters. The van der Waals surface area contributed by atoms with E-state index in [1.807, 2.05) is 23.1 Å². The van der Waals surface area contributed by atoms with Crippen LogP contribution in [0.5, 0.6) is 0 Å². The molecule has 2 heterocycles. The zero-order chi connectivity index (χ0) is 10.7. The maximum Gasteiger partial charge on any atom is 0.156 e. The summed E-state index contributed by atoms with van der Waals surface area (Å²) in [5.74, 6) is 1.20. The Hall–Kier alpha value is -0.480. The molecule has 0 aliphatic carbocycles. The zero-order valence-electron chi connectivity index (χ0n) is 9.17. The van der Waals surface area contributed by atoms with Crippen LogP contribution in [0.3, 0.4) is 0 Å². The molecule has 0 amide bonds. The first-order valence-electron chi connectivity index (χ1n) is 5.23. The summed E-state index contributed by atoms with van der Waals surface area (Å²) in [7, 11) is 0. The van der Waals surface area contributed by atoms with E-state index in [1.165, 1.54) is 27.5 Å². The second kappa shape index (κ2) is 5.03. The maximum atomic E-state index is 4.45. The number of nitrogens with zero attached hydrogens (tertiary/aromatic N) is 1. The second-order valence-corrected chi connectivity index (χ2v) is 6.12. The normalized spacial score (nSPS) is 16.3. The highest BCUT2D eigenvalue weighted by Gasteiger charge is 2.06. The summed E-state index contributed by atoms with van der Waals surface area (Å²) in [4.78, 5) is 7.27. The Bertz CT molecular complexity index is 349. The van der Waals surface area contributed by atoms with Crippen molar-refractivity contribution in [1.29, 1.82) is 0 Å². The molecule has 1 aliphatic heterocycles. The second-order valence-electron chi connectivity index (χ2n) is 3.69. The molecular formula is C11H16N2S2. The Balaban J connectivity index is 1.89. The lowest BCUT2D eigenvalue weighted by Gasteiger charge is -2.12. The van der Waals surface area contributed by atoms with Crippen molar-refractivity contribution in [1.82, 2.24) is 5.32 Å². The van der Waals surface area contributed by atoms with E-state index in [4.69, 9.17) is 0 Å². The molecule has 0 aromatic carbocycles. The fraction of sp³-hybridized carbons (Fsp3) is 0.545. The number of amidine groups is 1. The number of thioether (sulfide) groups is 1. The first-order valence-corrected chi connectivity index (χ1v) is 7.03. The molecule has 2 nitrogen and oxygen atoms in total. The van der Waals surface area contributed by atoms with Gasteiger partial charge in [-0.2, -0.15) is 0 Å². The third-order valence-electron chi connectivity index (χ3n) is 2.43. The van der Waals surface area contributed by atoms with Gasteiger partial charge in [-0.3, -0.25) is 4.99 Å². The van der Waals surface area contributed by atoms with Gasteiger partial charge in [0.1, 0.15) is 0 Å². The van der Waals surface area contributed by atoms with E-state index in [-0.39, 0.29) is 0 Å². The van der Waals surface area contributed by atoms with Crippen LogP contribution in [0.25, 0.3) is 0 Å². The summed E-state index contributed by atoms with van der Waals surface area (Å²) < 4.78 is 0. The van der Waals surface area contributed by atoms with Crippen LogP contribution >= 0.6 is 23.1 Å². The lowest BCUT2D eigenvalue weighted by molar-refractivity contribution is 0.889. The van der Waals surface area contributed by atoms with Gasteiger partial charge in [0.15, 0.2) is 5.17 Å². The van der Waals surface area contributed by atoms with Crippen molar-refractivity contribution in [2.45, 2.75) is 26.8 Å². The lowest BCUT2D eigenvalue weighted by Crippen LogP contribution is -2.22. The van der Waals surface area contributed by atoms with Gasteiger partial charge >= 0.3 is 0 Å². The van der Waals surface area contributed by atoms with Crippen molar-refractivity contribution in [3.05, 3.63) is 21.4 Å². The minimum Gasteiger partial charge on any atom is -0.360 e. The summed E-state index contributed by atoms with van der Waals surface area (Å²) in [6.07, 6.45) is 1.22. The lowest BCUT2D eigenvalue weighted by atomic mass is 10.3. The highest BCUT2D eigenvalue weighted by atomic mass is 32.2. The SMILES string of the molecule is Cc1cc(CNC2=NCCCS2)sc1C. The topological polar surface area (TPSA) is 24.4 Å². The minimum absolute atomic E-state index is 0.922. The van der Waals surface area contributed by atoms with Gasteiger partial charge in [0.2, 0.25) is 0 Å². The molecule has 1 aromatic heterocycles. The summed E-state index contributed by atoms with van der Waals surface area (Å²) in [5.41, 5.74) is 1.40. The Morgan fingerprint density at radius 1 is 1.47 bits per heavy atom. The van der Waals surface area contributed by atoms with Crippen molar-refractivity contribution in [3.8, 4) is 0 Å². The molecule has 2 rings (SSSR count). The minimum atomic E-state index is 0.922. The van der Waals surface area contributed by atoms with Gasteiger partial charge in [-0.25, -0.2) is 0 Å². The van der Waals surface area contributed by atoms with Gasteiger partial charge in [0.05, 0.1) is 6.54 Å². The molecule has 82 valence electrons. The molecule has 15 heavy (non-hydrogen) atoms. The van der Waals surface area contributed by atoms with E-state index in [1.54, 1.807) is 0 Å². The largest absolute Gasteiger partial charge is 0.360 e. The van der Waals surface area contributed by atoms with Crippen molar-refractivity contribution in [2.24, 2.45) is 4.99 Å². The molecule has 0 saturated heterocycles. The van der Waals surface area contributed by atoms with E-state index in [2.05, 4.69) is 30.2 Å². The average molecular weight is 240 g/mol. The van der Waals surface area contributed by atoms with Crippen LogP contribution < -0.4 is 5.32 Å². The molecule has 4 heteroatoms. The quantitative estimate of drug-likeness (QED) is 0.859. The summed E-state index contributed by atoms with van der Waals surface area (Å²) in [5, 5.41) is 4.52. The fourth-order valence-corrected chi connectivity index (χ4v) is 3.28. The smallest absolute Gasteiger partial charge is 0.156 e. The molecule has 1 aliphatic rings. The number of nitrogens with one attached hydrogen (secondary N) is 1. The first kappa shape index (κ1) is 11.0. The number of aliphatic imine (C=N–C) groups is 1. The molecule has 0 bridgehead atoms. The van der Waals surface area contributed by atoms with E-state index in [9.17, 15) is 0 Å². The average Bonchev–Trinajstić information content (AvgIpc) is 2.57. The number of hydrogen-bond acceptors (Lipinski definition) is 4. The first-order chi connectivity index (χ1) is 7.25. The van der Waals surface area contributed by atoms with Crippen LogP contribution in [0, 0.1) is 13.8 Å². The van der Waals surface area contributed by atoms with Crippen molar-refractivity contribution in [2.75, 3.05) is 12.3 Å². The van der Waals surface area contributed by atoms with Crippen LogP contribution in [0.15, 0.2) is 11.1 Å². The Morgan fingerprint density at radius 2 is 2.33 bits per heavy atom. The molecule has 0 radical (unpaired) electrons. The van der Waals surface area contributed by atoms with Crippen LogP contribution in [0.2, 0.25) is 0 Å². The summed E-state index contributed by atoms with van der Waals surface area (Å²) in [6.45, 7) is 6.25. The molecule has 0 saturated carbocycles. The Kier molecular flexibility index (Phi) is 3.70. The number of thiophene rings is 1. The van der Waals surface area contributed by atoms with Crippen molar-refractivity contribution < 1.29 is 0 Å². The number of aryl methyl sites for hydroxylation is 2. The monoisotopic (exact) mass is 240 g/mol. The van der Waals surface area contributed by atoms with Crippen molar-refractivity contribution >= 4 is 28.3 Å². The predicted octanol–water partition coefficient (Wildman–Crippen LogP) is 2.95. The van der Waals surface area contributed by atoms with Crippen LogP contribution in [-0.2, 0) is 6.54 Å². The predicted molar refractivity (Wildman–Crippen MR) is 70.0 cm³/mol. The number of rotatable bonds is 2. The van der Waals surface area contributed by atoms with E-state index < -0.39 is 0 Å². The third-order valence-corrected chi connectivity index (χ3v) is 4.62. The molecule has 0 fully saturated rings. The van der Waals surface area contributed by atoms with Gasteiger partial charge in [-0.15, -0.1) is 11.3 Å². The van der Waals surface area contributed by atoms with E-state index >= 15 is 0 Å². The van der Waals surface area contributed by atoms with Crippen LogP contribution in [-0.4, -0.2) is 17.5 Å². The van der Waals surface area contributed by atoms with Gasteiger partial charge in [0.25, 0.3) is 0 Å². The fourth-order valence-electron chi connectivity index (χ4n) is 1.47.